The van der Waals surface area contributed by atoms with Crippen LogP contribution in [-0.2, 0) is 30.6 Å². The van der Waals surface area contributed by atoms with Gasteiger partial charge in [0.05, 0.1) is 11.7 Å². The Bertz CT molecular complexity index is 1140. The number of carbonyl (C=O) groups excluding carboxylic acids is 1. The van der Waals surface area contributed by atoms with E-state index in [2.05, 4.69) is 34.1 Å². The molecule has 0 spiro atoms. The van der Waals surface area contributed by atoms with Crippen molar-refractivity contribution in [3.05, 3.63) is 63.0 Å². The summed E-state index contributed by atoms with van der Waals surface area (Å²) in [5, 5.41) is 0.855. The van der Waals surface area contributed by atoms with Gasteiger partial charge in [0.1, 0.15) is 4.83 Å². The van der Waals surface area contributed by atoms with E-state index in [4.69, 9.17) is 0 Å². The first-order chi connectivity index (χ1) is 15.7. The second-order valence-corrected chi connectivity index (χ2v) is 10.0. The molecule has 1 fully saturated rings. The number of aromatic nitrogens is 2. The molecule has 0 radical (unpaired) electrons. The average Bonchev–Trinajstić information content (AvgIpc) is 3.03. The highest BCUT2D eigenvalue weighted by atomic mass is 32.1. The number of fused-ring (bicyclic) bond motifs is 3. The molecule has 1 unspecified atom stereocenters. The van der Waals surface area contributed by atoms with Gasteiger partial charge in [0.2, 0.25) is 6.41 Å². The van der Waals surface area contributed by atoms with Gasteiger partial charge in [0, 0.05) is 43.6 Å². The molecule has 3 aromatic rings. The zero-order valence-corrected chi connectivity index (χ0v) is 19.2. The topological polar surface area (TPSA) is 58.4 Å². The highest BCUT2D eigenvalue weighted by Crippen LogP contribution is 2.35. The number of thiophene rings is 1. The van der Waals surface area contributed by atoms with Gasteiger partial charge in [-0.15, -0.1) is 11.3 Å². The van der Waals surface area contributed by atoms with Gasteiger partial charge < -0.3 is 4.90 Å². The molecular formula is C25H30N4O2S. The molecule has 5 rings (SSSR count). The molecule has 1 atom stereocenters. The molecule has 3 heterocycles. The number of rotatable bonds is 6. The fraction of sp³-hybridized carbons (Fsp3) is 0.480. The Kier molecular flexibility index (Phi) is 6.37. The van der Waals surface area contributed by atoms with Crippen molar-refractivity contribution < 1.29 is 4.79 Å². The van der Waals surface area contributed by atoms with E-state index in [1.165, 1.54) is 16.0 Å². The maximum absolute atomic E-state index is 13.3. The third-order valence-corrected chi connectivity index (χ3v) is 8.11. The van der Waals surface area contributed by atoms with Crippen molar-refractivity contribution in [2.45, 2.75) is 51.1 Å². The predicted molar refractivity (Wildman–Crippen MR) is 128 cm³/mol. The Morgan fingerprint density at radius 3 is 2.84 bits per heavy atom. The standard InChI is InChI=1S/C25H30N4O2S/c30-18-27-11-5-13-28(15-14-27)20-9-10-21-22(16-20)32-24-23(21)25(31)29(17-26-24)12-4-8-19-6-2-1-3-7-19/h1-3,6-7,17-18,20H,4-5,8-16H2. The van der Waals surface area contributed by atoms with E-state index < -0.39 is 0 Å². The van der Waals surface area contributed by atoms with E-state index in [9.17, 15) is 9.59 Å². The fourth-order valence-corrected chi connectivity index (χ4v) is 6.43. The maximum Gasteiger partial charge on any atom is 0.262 e. The third kappa shape index (κ3) is 4.36. The van der Waals surface area contributed by atoms with Crippen LogP contribution in [0.2, 0.25) is 0 Å². The minimum atomic E-state index is 0.121. The Morgan fingerprint density at radius 2 is 2.00 bits per heavy atom. The van der Waals surface area contributed by atoms with Crippen LogP contribution in [0.1, 0.15) is 35.3 Å². The van der Waals surface area contributed by atoms with Crippen LogP contribution in [-0.4, -0.2) is 58.0 Å². The van der Waals surface area contributed by atoms with Crippen LogP contribution in [0.3, 0.4) is 0 Å². The van der Waals surface area contributed by atoms with Crippen LogP contribution >= 0.6 is 11.3 Å². The molecule has 168 valence electrons. The molecule has 2 aromatic heterocycles. The van der Waals surface area contributed by atoms with Crippen molar-refractivity contribution in [1.82, 2.24) is 19.4 Å². The molecule has 6 nitrogen and oxygen atoms in total. The predicted octanol–water partition coefficient (Wildman–Crippen LogP) is 3.11. The van der Waals surface area contributed by atoms with Gasteiger partial charge in [-0.3, -0.25) is 19.1 Å². The van der Waals surface area contributed by atoms with Crippen molar-refractivity contribution in [1.29, 1.82) is 0 Å². The minimum Gasteiger partial charge on any atom is -0.344 e. The Hall–Kier alpha value is -2.51. The number of amides is 1. The highest BCUT2D eigenvalue weighted by molar-refractivity contribution is 7.18. The zero-order chi connectivity index (χ0) is 21.9. The van der Waals surface area contributed by atoms with E-state index in [1.54, 1.807) is 22.2 Å². The summed E-state index contributed by atoms with van der Waals surface area (Å²) in [5.41, 5.74) is 2.66. The van der Waals surface area contributed by atoms with Crippen molar-refractivity contribution >= 4 is 28.0 Å². The van der Waals surface area contributed by atoms with E-state index >= 15 is 0 Å². The SMILES string of the molecule is O=CN1CCCN(C2CCc3c(sc4ncn(CCCc5ccccc5)c(=O)c34)C2)CC1. The molecule has 0 saturated carbocycles. The monoisotopic (exact) mass is 450 g/mol. The quantitative estimate of drug-likeness (QED) is 0.542. The molecule has 1 amide bonds. The van der Waals surface area contributed by atoms with Crippen molar-refractivity contribution in [2.75, 3.05) is 26.2 Å². The van der Waals surface area contributed by atoms with Gasteiger partial charge in [-0.05, 0) is 49.7 Å². The third-order valence-electron chi connectivity index (χ3n) is 6.95. The molecule has 2 aliphatic rings. The first-order valence-corrected chi connectivity index (χ1v) is 12.5. The lowest BCUT2D eigenvalue weighted by atomic mass is 9.92. The molecule has 0 N–H and O–H groups in total. The lowest BCUT2D eigenvalue weighted by molar-refractivity contribution is -0.118. The lowest BCUT2D eigenvalue weighted by Gasteiger charge is -2.33. The molecule has 1 aliphatic carbocycles. The zero-order valence-electron chi connectivity index (χ0n) is 18.4. The summed E-state index contributed by atoms with van der Waals surface area (Å²) < 4.78 is 1.80. The summed E-state index contributed by atoms with van der Waals surface area (Å²) in [4.78, 5) is 35.7. The second-order valence-electron chi connectivity index (χ2n) is 8.94. The molecule has 32 heavy (non-hydrogen) atoms. The van der Waals surface area contributed by atoms with Gasteiger partial charge in [0.15, 0.2) is 0 Å². The summed E-state index contributed by atoms with van der Waals surface area (Å²) in [5.74, 6) is 0. The highest BCUT2D eigenvalue weighted by Gasteiger charge is 2.29. The Balaban J connectivity index is 1.30. The van der Waals surface area contributed by atoms with Crippen LogP contribution in [0.15, 0.2) is 41.5 Å². The second kappa shape index (κ2) is 9.55. The molecule has 0 bridgehead atoms. The molecule has 1 aromatic carbocycles. The summed E-state index contributed by atoms with van der Waals surface area (Å²) in [6, 6.07) is 10.9. The number of nitrogens with zero attached hydrogens (tertiary/aromatic N) is 4. The summed E-state index contributed by atoms with van der Waals surface area (Å²) >= 11 is 1.70. The first-order valence-electron chi connectivity index (χ1n) is 11.7. The minimum absolute atomic E-state index is 0.121. The molecular weight excluding hydrogens is 420 g/mol. The van der Waals surface area contributed by atoms with Crippen LogP contribution < -0.4 is 5.56 Å². The largest absolute Gasteiger partial charge is 0.344 e. The summed E-state index contributed by atoms with van der Waals surface area (Å²) in [6.07, 6.45) is 8.64. The van der Waals surface area contributed by atoms with Crippen LogP contribution in [0.5, 0.6) is 0 Å². The molecule has 1 aliphatic heterocycles. The van der Waals surface area contributed by atoms with Crippen molar-refractivity contribution in [3.63, 3.8) is 0 Å². The lowest BCUT2D eigenvalue weighted by Crippen LogP contribution is -2.41. The number of benzene rings is 1. The van der Waals surface area contributed by atoms with Gasteiger partial charge in [-0.1, -0.05) is 30.3 Å². The maximum atomic E-state index is 13.3. The van der Waals surface area contributed by atoms with Gasteiger partial charge in [-0.25, -0.2) is 4.98 Å². The molecule has 7 heteroatoms. The van der Waals surface area contributed by atoms with Crippen molar-refractivity contribution in [2.24, 2.45) is 0 Å². The van der Waals surface area contributed by atoms with Gasteiger partial charge >= 0.3 is 0 Å². The normalized spacial score (nSPS) is 19.6. The number of carbonyl (C=O) groups is 1. The van der Waals surface area contributed by atoms with E-state index in [1.807, 2.05) is 11.0 Å². The Labute approximate surface area is 192 Å². The smallest absolute Gasteiger partial charge is 0.262 e. The first kappa shape index (κ1) is 21.3. The van der Waals surface area contributed by atoms with Gasteiger partial charge in [-0.2, -0.15) is 0 Å². The van der Waals surface area contributed by atoms with E-state index in [-0.39, 0.29) is 5.56 Å². The summed E-state index contributed by atoms with van der Waals surface area (Å²) in [7, 11) is 0. The summed E-state index contributed by atoms with van der Waals surface area (Å²) in [6.45, 7) is 4.35. The van der Waals surface area contributed by atoms with E-state index in [0.29, 0.717) is 12.6 Å². The number of hydrogen-bond donors (Lipinski definition) is 0. The number of hydrogen-bond acceptors (Lipinski definition) is 5. The van der Waals surface area contributed by atoms with Crippen LogP contribution in [0, 0.1) is 0 Å². The van der Waals surface area contributed by atoms with Crippen molar-refractivity contribution in [3.8, 4) is 0 Å². The van der Waals surface area contributed by atoms with Crippen LogP contribution in [0.25, 0.3) is 10.2 Å². The van der Waals surface area contributed by atoms with Crippen LogP contribution in [0.4, 0.5) is 0 Å². The average molecular weight is 451 g/mol. The Morgan fingerprint density at radius 1 is 1.12 bits per heavy atom. The van der Waals surface area contributed by atoms with E-state index in [0.717, 1.165) is 81.3 Å². The fourth-order valence-electron chi connectivity index (χ4n) is 5.18. The number of aryl methyl sites for hydroxylation is 3. The molecule has 1 saturated heterocycles. The van der Waals surface area contributed by atoms with Gasteiger partial charge in [0.25, 0.3) is 5.56 Å².